The van der Waals surface area contributed by atoms with Crippen LogP contribution in [0, 0.1) is 50.2 Å². The summed E-state index contributed by atoms with van der Waals surface area (Å²) in [5.41, 5.74) is -3.78. The number of esters is 2. The Hall–Kier alpha value is -2.83. The van der Waals surface area contributed by atoms with Crippen molar-refractivity contribution in [2.75, 3.05) is 26.4 Å². The smallest absolute Gasteiger partial charge is 0.335 e. The van der Waals surface area contributed by atoms with E-state index < -0.39 is 199 Å². The fraction of sp³-hybridized carbons (Fsp3) is 0.873. The van der Waals surface area contributed by atoms with E-state index in [0.717, 1.165) is 5.57 Å². The molecule has 79 heavy (non-hydrogen) atoms. The zero-order valence-corrected chi connectivity index (χ0v) is 46.4. The fourth-order valence-electron chi connectivity index (χ4n) is 16.2. The average Bonchev–Trinajstić information content (AvgIpc) is 1.29. The van der Waals surface area contributed by atoms with Crippen LogP contribution in [0.1, 0.15) is 117 Å². The quantitative estimate of drug-likeness (QED) is 0.0484. The van der Waals surface area contributed by atoms with Gasteiger partial charge in [-0.2, -0.15) is 0 Å². The van der Waals surface area contributed by atoms with E-state index in [9.17, 15) is 80.8 Å². The molecule has 8 rings (SSSR count). The van der Waals surface area contributed by atoms with Crippen LogP contribution >= 0.6 is 0 Å². The Balaban J connectivity index is 0.00000528. The Morgan fingerprint density at radius 2 is 1.25 bits per heavy atom. The van der Waals surface area contributed by atoms with Gasteiger partial charge in [-0.1, -0.05) is 59.3 Å². The molecule has 5 aliphatic carbocycles. The van der Waals surface area contributed by atoms with Crippen LogP contribution in [-0.2, 0) is 52.3 Å². The third kappa shape index (κ3) is 9.94. The minimum absolute atomic E-state index is 0. The van der Waals surface area contributed by atoms with Crippen LogP contribution < -0.4 is 0 Å². The molecule has 0 radical (unpaired) electrons. The molecule has 0 bridgehead atoms. The number of carbonyl (C=O) groups excluding carboxylic acids is 2. The van der Waals surface area contributed by atoms with Crippen molar-refractivity contribution in [3.63, 3.8) is 0 Å². The normalized spacial score (nSPS) is 50.6. The molecule has 3 aliphatic heterocycles. The molecule has 0 unspecified atom stereocenters. The number of allylic oxidation sites excluding steroid dienone is 3. The summed E-state index contributed by atoms with van der Waals surface area (Å²) in [6.45, 7) is 14.1. The SMILES string of the molecule is C/C=C(\C)C(=O)O[C@H]1[C@H](OC(C)=O)[C@]2(CO)[C@H](O)C[C@]3(C)C(=CC[C@@H]4[C@@]5(C)CC[C@H](O[C@@H]6O[C@H](C(=O)O)[C@@H](O[C@@H]7O[C@H](CO)[C@@H](O)[C@H](O)[C@H]7O)[C@H](O)[C@H]6O[C@@H]6O[C@H](CO)[C@@H](O)[C@H](O)[C@H]6O)[C@](C)(CO)[C@@H]5CC[C@]43C)[C@@H]2CC1(C)C.[HH].[HH].[HH].[HH].[HH].[HH].[HH]. The van der Waals surface area contributed by atoms with Gasteiger partial charge in [-0.05, 0) is 92.8 Å². The van der Waals surface area contributed by atoms with Gasteiger partial charge in [-0.3, -0.25) is 4.79 Å². The molecular formula is C55H100O24. The third-order valence-corrected chi connectivity index (χ3v) is 21.1. The Morgan fingerprint density at radius 3 is 1.77 bits per heavy atom. The number of aliphatic hydroxyl groups excluding tert-OH is 12. The lowest BCUT2D eigenvalue weighted by Crippen LogP contribution is -2.72. The van der Waals surface area contributed by atoms with Gasteiger partial charge in [0.15, 0.2) is 25.0 Å². The van der Waals surface area contributed by atoms with Gasteiger partial charge in [0.2, 0.25) is 0 Å². The lowest BCUT2D eigenvalue weighted by Gasteiger charge is -2.72. The predicted octanol–water partition coefficient (Wildman–Crippen LogP) is 0.401. The summed E-state index contributed by atoms with van der Waals surface area (Å²) < 4.78 is 48.2. The van der Waals surface area contributed by atoms with Crippen molar-refractivity contribution in [1.82, 2.24) is 0 Å². The van der Waals surface area contributed by atoms with E-state index in [1.54, 1.807) is 19.9 Å². The summed E-state index contributed by atoms with van der Waals surface area (Å²) in [6, 6.07) is 0. The molecule has 7 fully saturated rings. The summed E-state index contributed by atoms with van der Waals surface area (Å²) >= 11 is 0. The number of carboxylic acid groups (broad SMARTS) is 1. The predicted molar refractivity (Wildman–Crippen MR) is 284 cm³/mol. The molecule has 0 aromatic rings. The molecule has 3 heterocycles. The van der Waals surface area contributed by atoms with E-state index in [2.05, 4.69) is 26.8 Å². The standard InChI is InChI=1S/C55H86O24.7H2/c1-10-23(2)46(71)79-43-44(72-24(3)60)55(22-59)26(17-50(43,4)5)25-11-12-30-51(6)15-14-32(52(7,21-58)29(51)13-16-53(30,8)54(25,9)18-31(55)61)75-49-41(77-48-38(67)36(65)34(63)28(20-57)74-48)39(68)40(42(78-49)45(69)70)76-47-37(66)35(64)33(62)27(19-56)73-47;;;;;;;/h10-11,26-44,47-49,56-59,61-68H,12-22H2,1-9H3,(H,69,70);7*1H/b23-10+;;;;;;;/t26-,27+,28+,29+,30+,31+,32-,33+,34+,35-,36-,37+,38+,39-,40-,41+,42-,43-,44-,47-,48-,49+,51-,52+,53+,54+,55-;;;;;;;/m0......./s1. The molecule has 0 spiro atoms. The van der Waals surface area contributed by atoms with Gasteiger partial charge in [0.25, 0.3) is 0 Å². The van der Waals surface area contributed by atoms with Gasteiger partial charge >= 0.3 is 17.9 Å². The highest BCUT2D eigenvalue weighted by molar-refractivity contribution is 5.87. The minimum Gasteiger partial charge on any atom is -0.479 e. The number of aliphatic carboxylic acids is 1. The molecule has 4 saturated carbocycles. The molecular weight excluding hydrogens is 1040 g/mol. The molecule has 0 amide bonds. The number of hydrogen-bond donors (Lipinski definition) is 13. The Labute approximate surface area is 469 Å². The summed E-state index contributed by atoms with van der Waals surface area (Å²) in [6.07, 6.45) is -26.5. The molecule has 13 N–H and O–H groups in total. The van der Waals surface area contributed by atoms with Crippen molar-refractivity contribution in [2.24, 2.45) is 50.2 Å². The van der Waals surface area contributed by atoms with Gasteiger partial charge in [0, 0.05) is 33.3 Å². The molecule has 24 heteroatoms. The van der Waals surface area contributed by atoms with Crippen molar-refractivity contribution in [3.8, 4) is 0 Å². The number of ether oxygens (including phenoxy) is 8. The van der Waals surface area contributed by atoms with E-state index in [-0.39, 0.29) is 34.7 Å². The van der Waals surface area contributed by atoms with E-state index in [1.807, 2.05) is 20.8 Å². The highest BCUT2D eigenvalue weighted by Gasteiger charge is 2.74. The van der Waals surface area contributed by atoms with Crippen molar-refractivity contribution in [2.45, 2.75) is 224 Å². The monoisotopic (exact) mass is 1140 g/mol. The first kappa shape index (κ1) is 62.2. The first-order valence-electron chi connectivity index (χ1n) is 27.7. The highest BCUT2D eigenvalue weighted by Crippen LogP contribution is 2.76. The third-order valence-electron chi connectivity index (χ3n) is 21.1. The largest absolute Gasteiger partial charge is 0.479 e. The van der Waals surface area contributed by atoms with Crippen LogP contribution in [-0.4, -0.2) is 227 Å². The minimum atomic E-state index is -2.18. The van der Waals surface area contributed by atoms with Gasteiger partial charge in [0.05, 0.1) is 44.1 Å². The van der Waals surface area contributed by atoms with Gasteiger partial charge in [-0.15, -0.1) is 0 Å². The Kier molecular flexibility index (Phi) is 17.8. The van der Waals surface area contributed by atoms with Crippen LogP contribution in [0.3, 0.4) is 0 Å². The summed E-state index contributed by atoms with van der Waals surface area (Å²) in [5.74, 6) is -3.88. The second kappa shape index (κ2) is 22.6. The maximum Gasteiger partial charge on any atom is 0.335 e. The van der Waals surface area contributed by atoms with Gasteiger partial charge < -0.3 is 104 Å². The van der Waals surface area contributed by atoms with Crippen molar-refractivity contribution < 1.29 is 129 Å². The number of carbonyl (C=O) groups is 3. The first-order valence-corrected chi connectivity index (χ1v) is 27.7. The molecule has 464 valence electrons. The van der Waals surface area contributed by atoms with Crippen LogP contribution in [0.25, 0.3) is 0 Å². The van der Waals surface area contributed by atoms with Gasteiger partial charge in [0.1, 0.15) is 79.4 Å². The van der Waals surface area contributed by atoms with Crippen LogP contribution in [0.2, 0.25) is 0 Å². The number of carboxylic acids is 1. The first-order chi connectivity index (χ1) is 36.9. The molecule has 24 nitrogen and oxygen atoms in total. The number of rotatable bonds is 14. The van der Waals surface area contributed by atoms with E-state index in [1.165, 1.54) is 6.92 Å². The zero-order valence-electron chi connectivity index (χ0n) is 46.4. The van der Waals surface area contributed by atoms with Crippen molar-refractivity contribution in [3.05, 3.63) is 23.3 Å². The molecule has 27 atom stereocenters. The number of fused-ring (bicyclic) bond motifs is 7. The Bertz CT molecular complexity index is 2330. The molecule has 0 aromatic carbocycles. The highest BCUT2D eigenvalue weighted by atomic mass is 16.8. The second-order valence-corrected chi connectivity index (χ2v) is 25.5. The lowest BCUT2D eigenvalue weighted by molar-refractivity contribution is -0.392. The fourth-order valence-corrected chi connectivity index (χ4v) is 16.2. The van der Waals surface area contributed by atoms with E-state index in [4.69, 9.17) is 37.9 Å². The molecule has 0 aromatic heterocycles. The summed E-state index contributed by atoms with van der Waals surface area (Å²) in [7, 11) is 0. The van der Waals surface area contributed by atoms with Crippen molar-refractivity contribution >= 4 is 17.9 Å². The lowest BCUT2D eigenvalue weighted by atomic mass is 9.33. The molecule has 8 aliphatic rings. The van der Waals surface area contributed by atoms with Crippen molar-refractivity contribution in [1.29, 1.82) is 0 Å². The zero-order chi connectivity index (χ0) is 58.4. The summed E-state index contributed by atoms with van der Waals surface area (Å²) in [5, 5.41) is 143. The maximum atomic E-state index is 13.4. The number of hydrogen-bond acceptors (Lipinski definition) is 23. The van der Waals surface area contributed by atoms with Crippen LogP contribution in [0.5, 0.6) is 0 Å². The van der Waals surface area contributed by atoms with Gasteiger partial charge in [-0.25, -0.2) is 9.59 Å². The van der Waals surface area contributed by atoms with Crippen LogP contribution in [0.4, 0.5) is 0 Å². The maximum absolute atomic E-state index is 13.4. The average molecular weight is 1150 g/mol. The Morgan fingerprint density at radius 1 is 0.671 bits per heavy atom. The summed E-state index contributed by atoms with van der Waals surface area (Å²) in [4.78, 5) is 39.5. The van der Waals surface area contributed by atoms with E-state index >= 15 is 0 Å². The topological polar surface area (TPSA) is 388 Å². The van der Waals surface area contributed by atoms with E-state index in [0.29, 0.717) is 37.7 Å². The second-order valence-electron chi connectivity index (χ2n) is 25.5. The molecule has 3 saturated heterocycles. The van der Waals surface area contributed by atoms with Crippen LogP contribution in [0.15, 0.2) is 23.3 Å². The number of aliphatic hydroxyl groups is 12.